The number of nitrogens with two attached hydrogens (primary N) is 2. The van der Waals surface area contributed by atoms with Crippen molar-refractivity contribution in [2.24, 2.45) is 29.2 Å². The Balaban J connectivity index is 0.00000176. The van der Waals surface area contributed by atoms with Crippen LogP contribution < -0.4 is 16.8 Å². The molecule has 1 aromatic rings. The average molecular weight is 344 g/mol. The number of anilines is 1. The third-order valence-electron chi connectivity index (χ3n) is 4.78. The Labute approximate surface area is 140 Å². The maximum atomic E-state index is 12.4. The zero-order valence-corrected chi connectivity index (χ0v) is 13.5. The largest absolute Gasteiger partial charge is 0.366 e. The molecule has 7 heteroatoms. The Hall–Kier alpha value is -1.30. The summed E-state index contributed by atoms with van der Waals surface area (Å²) in [5.74, 6) is 0.0154. The van der Waals surface area contributed by atoms with Gasteiger partial charge >= 0.3 is 0 Å². The summed E-state index contributed by atoms with van der Waals surface area (Å²) >= 11 is 5.90. The molecule has 5 nitrogen and oxygen atoms in total. The van der Waals surface area contributed by atoms with E-state index >= 15 is 0 Å². The summed E-state index contributed by atoms with van der Waals surface area (Å²) in [6.45, 7) is 0. The molecule has 5 N–H and O–H groups in total. The lowest BCUT2D eigenvalue weighted by Crippen LogP contribution is -2.42. The van der Waals surface area contributed by atoms with Crippen molar-refractivity contribution in [3.63, 3.8) is 0 Å². The van der Waals surface area contributed by atoms with Crippen LogP contribution in [0.5, 0.6) is 0 Å². The molecule has 22 heavy (non-hydrogen) atoms. The second-order valence-corrected chi connectivity index (χ2v) is 6.39. The zero-order chi connectivity index (χ0) is 15.1. The van der Waals surface area contributed by atoms with Gasteiger partial charge in [0.1, 0.15) is 0 Å². The monoisotopic (exact) mass is 343 g/mol. The minimum Gasteiger partial charge on any atom is -0.366 e. The van der Waals surface area contributed by atoms with E-state index in [1.54, 1.807) is 12.1 Å². The highest BCUT2D eigenvalue weighted by molar-refractivity contribution is 6.34. The topological polar surface area (TPSA) is 98.2 Å². The van der Waals surface area contributed by atoms with Gasteiger partial charge in [0.15, 0.2) is 0 Å². The molecule has 2 bridgehead atoms. The molecule has 0 heterocycles. The van der Waals surface area contributed by atoms with E-state index in [-0.39, 0.29) is 40.9 Å². The molecule has 0 aromatic heterocycles. The number of fused-ring (bicyclic) bond motifs is 2. The van der Waals surface area contributed by atoms with Crippen molar-refractivity contribution >= 4 is 41.5 Å². The Morgan fingerprint density at radius 3 is 2.50 bits per heavy atom. The fraction of sp³-hybridized carbons (Fsp3) is 0.467. The molecule has 1 aromatic carbocycles. The van der Waals surface area contributed by atoms with Crippen LogP contribution in [0.25, 0.3) is 0 Å². The molecule has 4 unspecified atom stereocenters. The predicted octanol–water partition coefficient (Wildman–Crippen LogP) is 2.17. The number of halogens is 2. The quantitative estimate of drug-likeness (QED) is 0.784. The molecule has 120 valence electrons. The lowest BCUT2D eigenvalue weighted by molar-refractivity contribution is -0.121. The molecule has 3 rings (SSSR count). The van der Waals surface area contributed by atoms with E-state index in [0.29, 0.717) is 17.5 Å². The number of nitrogens with one attached hydrogen (secondary N) is 1. The van der Waals surface area contributed by atoms with Crippen LogP contribution >= 0.6 is 24.0 Å². The maximum Gasteiger partial charge on any atom is 0.250 e. The van der Waals surface area contributed by atoms with Crippen molar-refractivity contribution in [1.82, 2.24) is 0 Å². The molecule has 0 radical (unpaired) electrons. The normalized spacial score (nSPS) is 29.0. The molecule has 2 saturated carbocycles. The van der Waals surface area contributed by atoms with Gasteiger partial charge in [-0.3, -0.25) is 9.59 Å². The van der Waals surface area contributed by atoms with E-state index in [4.69, 9.17) is 23.1 Å². The van der Waals surface area contributed by atoms with E-state index in [2.05, 4.69) is 5.32 Å². The van der Waals surface area contributed by atoms with Crippen LogP contribution in [0.15, 0.2) is 18.2 Å². The van der Waals surface area contributed by atoms with E-state index in [1.807, 2.05) is 0 Å². The third-order valence-corrected chi connectivity index (χ3v) is 5.11. The smallest absolute Gasteiger partial charge is 0.250 e. The van der Waals surface area contributed by atoms with Crippen molar-refractivity contribution in [3.8, 4) is 0 Å². The van der Waals surface area contributed by atoms with Gasteiger partial charge in [-0.2, -0.15) is 0 Å². The van der Waals surface area contributed by atoms with Crippen molar-refractivity contribution in [2.45, 2.75) is 25.3 Å². The van der Waals surface area contributed by atoms with Crippen molar-refractivity contribution in [3.05, 3.63) is 28.8 Å². The summed E-state index contributed by atoms with van der Waals surface area (Å²) in [4.78, 5) is 23.7. The minimum atomic E-state index is -0.618. The molecule has 0 aliphatic heterocycles. The summed E-state index contributed by atoms with van der Waals surface area (Å²) in [6, 6.07) is 4.65. The van der Waals surface area contributed by atoms with Crippen molar-refractivity contribution in [1.29, 1.82) is 0 Å². The van der Waals surface area contributed by atoms with Crippen LogP contribution in [0.1, 0.15) is 29.6 Å². The number of rotatable bonds is 3. The summed E-state index contributed by atoms with van der Waals surface area (Å²) in [5.41, 5.74) is 12.1. The highest BCUT2D eigenvalue weighted by Crippen LogP contribution is 2.47. The van der Waals surface area contributed by atoms with Gasteiger partial charge in [-0.15, -0.1) is 12.4 Å². The first-order valence-corrected chi connectivity index (χ1v) is 7.51. The van der Waals surface area contributed by atoms with Crippen LogP contribution in [0, 0.1) is 17.8 Å². The number of hydrogen-bond donors (Lipinski definition) is 3. The highest BCUT2D eigenvalue weighted by Gasteiger charge is 2.49. The molecule has 2 fully saturated rings. The summed E-state index contributed by atoms with van der Waals surface area (Å²) in [5, 5.41) is 3.11. The predicted molar refractivity (Wildman–Crippen MR) is 88.1 cm³/mol. The lowest BCUT2D eigenvalue weighted by atomic mass is 9.84. The van der Waals surface area contributed by atoms with Crippen LogP contribution in [-0.2, 0) is 4.79 Å². The number of primary amides is 1. The van der Waals surface area contributed by atoms with Gasteiger partial charge < -0.3 is 16.8 Å². The number of benzene rings is 1. The van der Waals surface area contributed by atoms with Crippen LogP contribution in [0.2, 0.25) is 5.02 Å². The summed E-state index contributed by atoms with van der Waals surface area (Å²) in [6.07, 6.45) is 3.25. The van der Waals surface area contributed by atoms with Crippen molar-refractivity contribution < 1.29 is 9.59 Å². The fourth-order valence-corrected chi connectivity index (χ4v) is 3.95. The Morgan fingerprint density at radius 1 is 1.23 bits per heavy atom. The van der Waals surface area contributed by atoms with Gasteiger partial charge in [0, 0.05) is 11.7 Å². The van der Waals surface area contributed by atoms with Gasteiger partial charge in [0.05, 0.1) is 16.5 Å². The molecule has 0 spiro atoms. The molecular weight excluding hydrogens is 325 g/mol. The minimum absolute atomic E-state index is 0. The average Bonchev–Trinajstić information content (AvgIpc) is 3.01. The van der Waals surface area contributed by atoms with Gasteiger partial charge in [-0.1, -0.05) is 11.6 Å². The van der Waals surface area contributed by atoms with Gasteiger partial charge in [-0.25, -0.2) is 0 Å². The van der Waals surface area contributed by atoms with E-state index in [1.165, 1.54) is 6.07 Å². The first-order chi connectivity index (χ1) is 9.97. The fourth-order valence-electron chi connectivity index (χ4n) is 3.74. The maximum absolute atomic E-state index is 12.4. The summed E-state index contributed by atoms with van der Waals surface area (Å²) < 4.78 is 0. The van der Waals surface area contributed by atoms with Crippen LogP contribution in [-0.4, -0.2) is 17.9 Å². The van der Waals surface area contributed by atoms with E-state index in [0.717, 1.165) is 19.3 Å². The van der Waals surface area contributed by atoms with Crippen LogP contribution in [0.3, 0.4) is 0 Å². The first-order valence-electron chi connectivity index (χ1n) is 7.13. The molecule has 2 amide bonds. The Bertz CT molecular complexity index is 606. The number of carbonyl (C=O) groups is 2. The lowest BCUT2D eigenvalue weighted by Gasteiger charge is -2.27. The van der Waals surface area contributed by atoms with Crippen LogP contribution in [0.4, 0.5) is 5.69 Å². The highest BCUT2D eigenvalue weighted by atomic mass is 35.5. The Kier molecular flexibility index (Phi) is 5.00. The van der Waals surface area contributed by atoms with E-state index in [9.17, 15) is 9.59 Å². The van der Waals surface area contributed by atoms with Crippen molar-refractivity contribution in [2.75, 3.05) is 5.32 Å². The molecule has 4 atom stereocenters. The van der Waals surface area contributed by atoms with Gasteiger partial charge in [-0.05, 0) is 49.3 Å². The van der Waals surface area contributed by atoms with Gasteiger partial charge in [0.25, 0.3) is 0 Å². The second kappa shape index (κ2) is 6.44. The molecule has 0 saturated heterocycles. The third kappa shape index (κ3) is 2.93. The Morgan fingerprint density at radius 2 is 1.91 bits per heavy atom. The van der Waals surface area contributed by atoms with Gasteiger partial charge in [0.2, 0.25) is 11.8 Å². The number of carbonyl (C=O) groups excluding carboxylic acids is 2. The number of amides is 2. The number of hydrogen-bond acceptors (Lipinski definition) is 3. The van der Waals surface area contributed by atoms with E-state index < -0.39 is 5.91 Å². The first kappa shape index (κ1) is 17.1. The molecule has 2 aliphatic carbocycles. The molecule has 2 aliphatic rings. The second-order valence-electron chi connectivity index (χ2n) is 5.98. The SMILES string of the molecule is Cl.NC(=O)c1cc(NC(=O)C2C3CCC(C3)C2N)ccc1Cl. The zero-order valence-electron chi connectivity index (χ0n) is 11.9. The summed E-state index contributed by atoms with van der Waals surface area (Å²) in [7, 11) is 0. The molecular formula is C15H19Cl2N3O2. The standard InChI is InChI=1S/C15H18ClN3O2.ClH/c16-11-4-3-9(6-10(11)14(18)20)19-15(21)12-7-1-2-8(5-7)13(12)17;/h3-4,6-8,12-13H,1-2,5,17H2,(H2,18,20)(H,19,21);1H.